The lowest BCUT2D eigenvalue weighted by Gasteiger charge is -2.04. The van der Waals surface area contributed by atoms with Gasteiger partial charge in [-0.3, -0.25) is 4.79 Å². The smallest absolute Gasteiger partial charge is 0.333 e. The van der Waals surface area contributed by atoms with Crippen molar-refractivity contribution < 1.29 is 19.1 Å². The van der Waals surface area contributed by atoms with E-state index in [0.29, 0.717) is 18.6 Å². The number of allylic oxidation sites excluding steroid dienone is 1. The Kier molecular flexibility index (Phi) is 10.5. The molecule has 0 saturated heterocycles. The summed E-state index contributed by atoms with van der Waals surface area (Å²) >= 11 is 0. The van der Waals surface area contributed by atoms with Gasteiger partial charge in [0.1, 0.15) is 0 Å². The molecular formula is C22H28O4. The molecule has 0 radical (unpaired) electrons. The lowest BCUT2D eigenvalue weighted by Crippen LogP contribution is -2.07. The molecule has 2 rings (SSSR count). The number of esters is 2. The highest BCUT2D eigenvalue weighted by Crippen LogP contribution is 2.29. The van der Waals surface area contributed by atoms with E-state index in [1.807, 2.05) is 42.5 Å². The second kappa shape index (κ2) is 12.7. The molecule has 0 aliphatic heterocycles. The van der Waals surface area contributed by atoms with E-state index in [2.05, 4.69) is 24.8 Å². The minimum atomic E-state index is -0.291. The summed E-state index contributed by atoms with van der Waals surface area (Å²) in [7, 11) is 0. The number of hydrogen-bond donors (Lipinski definition) is 0. The molecule has 1 fully saturated rings. The van der Waals surface area contributed by atoms with Gasteiger partial charge in [0.05, 0.1) is 18.8 Å². The fourth-order valence-electron chi connectivity index (χ4n) is 1.89. The van der Waals surface area contributed by atoms with Crippen LogP contribution in [0.5, 0.6) is 0 Å². The number of hydrogen-bond acceptors (Lipinski definition) is 4. The van der Waals surface area contributed by atoms with Crippen molar-refractivity contribution in [1.82, 2.24) is 0 Å². The van der Waals surface area contributed by atoms with Gasteiger partial charge in [0, 0.05) is 5.57 Å². The summed E-state index contributed by atoms with van der Waals surface area (Å²) in [6.45, 7) is 9.55. The summed E-state index contributed by atoms with van der Waals surface area (Å²) < 4.78 is 9.57. The second-order valence-electron chi connectivity index (χ2n) is 5.99. The normalized spacial score (nSPS) is 12.7. The van der Waals surface area contributed by atoms with Crippen LogP contribution in [0.2, 0.25) is 0 Å². The Balaban J connectivity index is 0.000000350. The van der Waals surface area contributed by atoms with Crippen molar-refractivity contribution in [2.75, 3.05) is 6.61 Å². The van der Waals surface area contributed by atoms with Gasteiger partial charge < -0.3 is 9.47 Å². The number of benzene rings is 1. The van der Waals surface area contributed by atoms with E-state index in [1.54, 1.807) is 0 Å². The van der Waals surface area contributed by atoms with Gasteiger partial charge in [-0.1, -0.05) is 69.0 Å². The molecule has 0 N–H and O–H groups in total. The molecule has 1 aliphatic rings. The van der Waals surface area contributed by atoms with Crippen LogP contribution in [-0.4, -0.2) is 18.5 Å². The van der Waals surface area contributed by atoms with E-state index in [1.165, 1.54) is 6.26 Å². The molecule has 1 aliphatic carbocycles. The summed E-state index contributed by atoms with van der Waals surface area (Å²) in [5, 5.41) is 0. The lowest BCUT2D eigenvalue weighted by molar-refractivity contribution is -0.140. The third kappa shape index (κ3) is 9.62. The maximum atomic E-state index is 11.5. The molecule has 0 unspecified atom stereocenters. The van der Waals surface area contributed by atoms with Crippen LogP contribution in [0.15, 0.2) is 61.4 Å². The van der Waals surface area contributed by atoms with Crippen molar-refractivity contribution in [3.8, 4) is 0 Å². The molecule has 1 saturated carbocycles. The zero-order valence-corrected chi connectivity index (χ0v) is 15.5. The molecule has 1 aromatic carbocycles. The molecule has 0 aromatic heterocycles. The van der Waals surface area contributed by atoms with Crippen molar-refractivity contribution in [1.29, 1.82) is 0 Å². The minimum Gasteiger partial charge on any atom is -0.462 e. The van der Waals surface area contributed by atoms with E-state index in [9.17, 15) is 9.59 Å². The predicted molar refractivity (Wildman–Crippen MR) is 104 cm³/mol. The zero-order valence-electron chi connectivity index (χ0n) is 15.5. The van der Waals surface area contributed by atoms with Crippen molar-refractivity contribution in [3.05, 3.63) is 67.0 Å². The Morgan fingerprint density at radius 2 is 1.92 bits per heavy atom. The number of ether oxygens (including phenoxy) is 2. The first-order chi connectivity index (χ1) is 12.6. The van der Waals surface area contributed by atoms with Crippen LogP contribution < -0.4 is 0 Å². The quantitative estimate of drug-likeness (QED) is 0.268. The molecule has 0 bridgehead atoms. The molecule has 0 heterocycles. The SMILES string of the molecule is C=C(CC=Cc1ccccc1)C(=O)OCCCC.C=COC(=O)C1CC1. The highest BCUT2D eigenvalue weighted by atomic mass is 16.5. The van der Waals surface area contributed by atoms with E-state index < -0.39 is 0 Å². The summed E-state index contributed by atoms with van der Waals surface area (Å²) in [6, 6.07) is 9.96. The fraction of sp³-hybridized carbons (Fsp3) is 0.364. The zero-order chi connectivity index (χ0) is 19.2. The Morgan fingerprint density at radius 1 is 1.23 bits per heavy atom. The van der Waals surface area contributed by atoms with Crippen LogP contribution in [0, 0.1) is 5.92 Å². The summed E-state index contributed by atoms with van der Waals surface area (Å²) in [5.41, 5.74) is 1.61. The Morgan fingerprint density at radius 3 is 2.50 bits per heavy atom. The highest BCUT2D eigenvalue weighted by Gasteiger charge is 2.30. The van der Waals surface area contributed by atoms with E-state index in [0.717, 1.165) is 31.2 Å². The average Bonchev–Trinajstić information content (AvgIpc) is 3.49. The molecule has 0 amide bonds. The van der Waals surface area contributed by atoms with Crippen molar-refractivity contribution >= 4 is 18.0 Å². The Hall–Kier alpha value is -2.62. The van der Waals surface area contributed by atoms with Gasteiger partial charge in [0.15, 0.2) is 0 Å². The van der Waals surface area contributed by atoms with E-state index in [4.69, 9.17) is 4.74 Å². The summed E-state index contributed by atoms with van der Waals surface area (Å²) in [6.07, 6.45) is 9.52. The number of carbonyl (C=O) groups is 2. The second-order valence-corrected chi connectivity index (χ2v) is 5.99. The first-order valence-electron chi connectivity index (χ1n) is 8.96. The average molecular weight is 356 g/mol. The van der Waals surface area contributed by atoms with Gasteiger partial charge in [0.2, 0.25) is 0 Å². The molecule has 0 spiro atoms. The lowest BCUT2D eigenvalue weighted by atomic mass is 10.1. The molecule has 26 heavy (non-hydrogen) atoms. The van der Waals surface area contributed by atoms with Gasteiger partial charge >= 0.3 is 11.9 Å². The van der Waals surface area contributed by atoms with Crippen molar-refractivity contribution in [3.63, 3.8) is 0 Å². The maximum absolute atomic E-state index is 11.5. The third-order valence-corrected chi connectivity index (χ3v) is 3.60. The molecular weight excluding hydrogens is 328 g/mol. The van der Waals surface area contributed by atoms with Crippen LogP contribution >= 0.6 is 0 Å². The maximum Gasteiger partial charge on any atom is 0.333 e. The van der Waals surface area contributed by atoms with Crippen LogP contribution in [0.3, 0.4) is 0 Å². The highest BCUT2D eigenvalue weighted by molar-refractivity contribution is 5.88. The topological polar surface area (TPSA) is 52.6 Å². The number of carbonyl (C=O) groups excluding carboxylic acids is 2. The standard InChI is InChI=1S/C16H20O2.C6H8O2/c1-3-4-13-18-16(17)14(2)9-8-12-15-10-6-5-7-11-15;1-2-8-6(7)5-3-4-5/h5-8,10-12H,2-4,9,13H2,1H3;2,5H,1,3-4H2. The van der Waals surface area contributed by atoms with Crippen LogP contribution in [0.4, 0.5) is 0 Å². The predicted octanol–water partition coefficient (Wildman–Crippen LogP) is 5.07. The third-order valence-electron chi connectivity index (χ3n) is 3.60. The summed E-state index contributed by atoms with van der Waals surface area (Å²) in [5.74, 6) is -0.228. The Labute approximate surface area is 156 Å². The first kappa shape index (κ1) is 21.4. The van der Waals surface area contributed by atoms with Crippen molar-refractivity contribution in [2.24, 2.45) is 5.92 Å². The monoisotopic (exact) mass is 356 g/mol. The van der Waals surface area contributed by atoms with Crippen LogP contribution in [-0.2, 0) is 19.1 Å². The van der Waals surface area contributed by atoms with Gasteiger partial charge in [0.25, 0.3) is 0 Å². The Bertz CT molecular complexity index is 612. The molecule has 4 heteroatoms. The molecule has 1 aromatic rings. The van der Waals surface area contributed by atoms with Crippen molar-refractivity contribution in [2.45, 2.75) is 39.0 Å². The largest absolute Gasteiger partial charge is 0.462 e. The molecule has 140 valence electrons. The summed E-state index contributed by atoms with van der Waals surface area (Å²) in [4.78, 5) is 22.0. The van der Waals surface area contributed by atoms with Gasteiger partial charge in [-0.2, -0.15) is 0 Å². The van der Waals surface area contributed by atoms with Gasteiger partial charge in [-0.25, -0.2) is 4.79 Å². The van der Waals surface area contributed by atoms with Crippen LogP contribution in [0.25, 0.3) is 6.08 Å². The van der Waals surface area contributed by atoms with E-state index >= 15 is 0 Å². The fourth-order valence-corrected chi connectivity index (χ4v) is 1.89. The number of rotatable bonds is 9. The molecule has 0 atom stereocenters. The van der Waals surface area contributed by atoms with Crippen LogP contribution in [0.1, 0.15) is 44.6 Å². The molecule has 4 nitrogen and oxygen atoms in total. The minimum absolute atomic E-state index is 0.125. The van der Waals surface area contributed by atoms with E-state index in [-0.39, 0.29) is 17.9 Å². The first-order valence-corrected chi connectivity index (χ1v) is 8.96. The van der Waals surface area contributed by atoms with Gasteiger partial charge in [-0.15, -0.1) is 0 Å². The number of unbranched alkanes of at least 4 members (excludes halogenated alkanes) is 1. The van der Waals surface area contributed by atoms with Gasteiger partial charge in [-0.05, 0) is 31.2 Å².